The Bertz CT molecular complexity index is 5350. The summed E-state index contributed by atoms with van der Waals surface area (Å²) in [5, 5.41) is 21.5. The number of ketones is 1. The van der Waals surface area contributed by atoms with Gasteiger partial charge in [-0.25, -0.2) is 29.9 Å². The Hall–Kier alpha value is -12.2. The van der Waals surface area contributed by atoms with Crippen LogP contribution in [-0.2, 0) is 14.4 Å². The summed E-state index contributed by atoms with van der Waals surface area (Å²) in [6, 6.07) is 39.8. The van der Waals surface area contributed by atoms with E-state index in [2.05, 4.69) is 45.9 Å². The number of Topliss-reactive ketones (excluding diaryl/α,β-unsaturated/α-hetero) is 1. The maximum atomic E-state index is 13.6. The minimum atomic E-state index is -0.790. The second-order valence-corrected chi connectivity index (χ2v) is 27.5. The minimum Gasteiger partial charge on any atom is -0.495 e. The molecule has 3 aliphatic carbocycles. The SMILES string of the molecule is COc1ccccc1-n1ccc2cc(C(CCO)C(=O)c3c(Cl)ncnc3Cl)cc(NC(=O)C3CC3)c21.COc1ccccc1-n1ccc2cc(N3CCOc4ncnc(Cl)c4C3=O)cc(NC(=O)C3CC3)c21.COc1ccccc1-n1ccc2cc(N3CCOc4ncnc(N)c4C3=O)cc(NC(=O)C3CC3)c21. The van der Waals surface area contributed by atoms with Crippen LogP contribution in [-0.4, -0.2) is 138 Å². The fourth-order valence-electron chi connectivity index (χ4n) is 13.5. The zero-order valence-corrected chi connectivity index (χ0v) is 61.2. The summed E-state index contributed by atoms with van der Waals surface area (Å²) < 4.78 is 34.0. The first-order valence-electron chi connectivity index (χ1n) is 35.1. The number of aliphatic hydroxyl groups excluding tert-OH is 1. The molecule has 17 rings (SSSR count). The van der Waals surface area contributed by atoms with E-state index in [9.17, 15) is 33.9 Å². The predicted octanol–water partition coefficient (Wildman–Crippen LogP) is 13.3. The Kier molecular flexibility index (Phi) is 20.6. The van der Waals surface area contributed by atoms with E-state index in [1.807, 2.05) is 154 Å². The number of ether oxygens (including phenoxy) is 5. The van der Waals surface area contributed by atoms with Crippen LogP contribution in [0.3, 0.4) is 0 Å². The molecule has 6 aromatic carbocycles. The molecule has 3 fully saturated rings. The second-order valence-electron chi connectivity index (χ2n) is 26.4. The van der Waals surface area contributed by atoms with Crippen LogP contribution in [0.1, 0.15) is 87.5 Å². The highest BCUT2D eigenvalue weighted by atomic mass is 35.5. The Morgan fingerprint density at radius 1 is 0.514 bits per heavy atom. The lowest BCUT2D eigenvalue weighted by Crippen LogP contribution is -2.33. The van der Waals surface area contributed by atoms with Gasteiger partial charge in [-0.15, -0.1) is 0 Å². The van der Waals surface area contributed by atoms with Crippen LogP contribution >= 0.6 is 34.8 Å². The summed E-state index contributed by atoms with van der Waals surface area (Å²) in [4.78, 5) is 106. The zero-order chi connectivity index (χ0) is 75.7. The van der Waals surface area contributed by atoms with Gasteiger partial charge in [-0.2, -0.15) is 0 Å². The molecular weight excluding hydrogens is 1460 g/mol. The normalized spacial score (nSPS) is 14.8. The molecule has 6 N–H and O–H groups in total. The molecule has 1 atom stereocenters. The van der Waals surface area contributed by atoms with Gasteiger partial charge in [0.2, 0.25) is 29.5 Å². The summed E-state index contributed by atoms with van der Waals surface area (Å²) >= 11 is 18.7. The highest BCUT2D eigenvalue weighted by Crippen LogP contribution is 2.44. The van der Waals surface area contributed by atoms with Crippen LogP contribution in [0.4, 0.5) is 34.3 Å². The Labute approximate surface area is 637 Å². The number of methoxy groups -OCH3 is 3. The molecule has 5 aliphatic rings. The lowest BCUT2D eigenvalue weighted by Gasteiger charge is -2.22. The molecule has 30 heteroatoms. The van der Waals surface area contributed by atoms with Gasteiger partial charge in [0.1, 0.15) is 81.8 Å². The Morgan fingerprint density at radius 2 is 0.899 bits per heavy atom. The quantitative estimate of drug-likeness (QED) is 0.0371. The number of nitrogens with one attached hydrogen (secondary N) is 3. The molecule has 0 radical (unpaired) electrons. The van der Waals surface area contributed by atoms with Crippen molar-refractivity contribution in [3.63, 3.8) is 0 Å². The van der Waals surface area contributed by atoms with Crippen molar-refractivity contribution >= 4 is 137 Å². The lowest BCUT2D eigenvalue weighted by molar-refractivity contribution is -0.118. The molecule has 0 bridgehead atoms. The highest BCUT2D eigenvalue weighted by Gasteiger charge is 2.37. The smallest absolute Gasteiger partial charge is 0.267 e. The highest BCUT2D eigenvalue weighted by molar-refractivity contribution is 6.39. The first-order valence-corrected chi connectivity index (χ1v) is 36.3. The van der Waals surface area contributed by atoms with Crippen molar-refractivity contribution in [3.8, 4) is 46.1 Å². The molecule has 0 saturated heterocycles. The fraction of sp³-hybridized carbons (Fsp3) is 0.241. The lowest BCUT2D eigenvalue weighted by atomic mass is 9.88. The van der Waals surface area contributed by atoms with Crippen molar-refractivity contribution in [2.24, 2.45) is 17.8 Å². The Morgan fingerprint density at radius 3 is 1.33 bits per heavy atom. The number of nitrogen functional groups attached to an aromatic ring is 1. The molecular formula is C79H70Cl3N15O12. The monoisotopic (exact) mass is 1530 g/mol. The van der Waals surface area contributed by atoms with Gasteiger partial charge in [-0.1, -0.05) is 71.2 Å². The first kappa shape index (κ1) is 72.4. The third kappa shape index (κ3) is 14.7. The van der Waals surface area contributed by atoms with Crippen LogP contribution in [0.2, 0.25) is 15.5 Å². The summed E-state index contributed by atoms with van der Waals surface area (Å²) in [5.41, 5.74) is 14.7. The number of fused-ring (bicyclic) bond motifs is 5. The standard InChI is InChI=1S/C27H24Cl2N4O4.C26H22ClN5O4.C26H24N6O4/c1-37-21-5-3-2-4-20(21)33-10-8-16-12-17(13-19(23(16)33)32-27(36)15-6-7-15)18(9-11-34)24(35)22-25(28)30-14-31-26(22)29;2*1-35-20-5-3-2-4-19(20)32-9-8-16-12-17(13-18(22(16)32)30-24(33)15-6-7-15)31-10-11-36-25-21(26(31)34)23(27)28-14-29-25/h2-5,8,10,12-15,18,34H,6-7,9,11H2,1H3,(H,32,36);2-5,8-9,12-15H,6-7,10-11H2,1H3,(H,30,33);2-5,8-9,12-15H,6-7,10-11H2,1H3,(H,30,33)(H2,27,28,29). The van der Waals surface area contributed by atoms with E-state index in [-0.39, 0.29) is 136 Å². The number of hydrogen-bond acceptors (Lipinski definition) is 19. The number of halogens is 3. The molecule has 5 amide bonds. The molecule has 8 heterocycles. The summed E-state index contributed by atoms with van der Waals surface area (Å²) in [7, 11) is 4.85. The number of benzene rings is 6. The minimum absolute atomic E-state index is 0.000427. The fourth-order valence-corrected chi connectivity index (χ4v) is 14.2. The van der Waals surface area contributed by atoms with Gasteiger partial charge in [0.25, 0.3) is 11.8 Å². The number of rotatable bonds is 19. The van der Waals surface area contributed by atoms with E-state index in [0.717, 1.165) is 88.3 Å². The van der Waals surface area contributed by atoms with Gasteiger partial charge < -0.3 is 74.0 Å². The second kappa shape index (κ2) is 31.0. The van der Waals surface area contributed by atoms with Crippen molar-refractivity contribution in [2.45, 2.75) is 50.9 Å². The van der Waals surface area contributed by atoms with E-state index in [0.29, 0.717) is 51.2 Å². The molecule has 554 valence electrons. The largest absolute Gasteiger partial charge is 0.495 e. The molecule has 3 saturated carbocycles. The van der Waals surface area contributed by atoms with Crippen LogP contribution in [0, 0.1) is 17.8 Å². The topological polar surface area (TPSA) is 330 Å². The van der Waals surface area contributed by atoms with Gasteiger partial charge in [0.15, 0.2) is 5.78 Å². The van der Waals surface area contributed by atoms with E-state index < -0.39 is 11.7 Å². The van der Waals surface area contributed by atoms with Gasteiger partial charge in [0, 0.05) is 76.4 Å². The van der Waals surface area contributed by atoms with Crippen molar-refractivity contribution < 1.29 is 57.6 Å². The molecule has 27 nitrogen and oxygen atoms in total. The maximum absolute atomic E-state index is 13.6. The van der Waals surface area contributed by atoms with E-state index in [1.165, 1.54) is 19.0 Å². The molecule has 109 heavy (non-hydrogen) atoms. The number of aliphatic hydroxyl groups is 1. The third-order valence-corrected chi connectivity index (χ3v) is 20.2. The van der Waals surface area contributed by atoms with Crippen LogP contribution in [0.15, 0.2) is 165 Å². The van der Waals surface area contributed by atoms with E-state index in [4.69, 9.17) is 64.2 Å². The summed E-state index contributed by atoms with van der Waals surface area (Å²) in [6.07, 6.45) is 14.8. The van der Waals surface area contributed by atoms with Crippen molar-refractivity contribution in [2.75, 3.05) is 85.7 Å². The van der Waals surface area contributed by atoms with E-state index >= 15 is 0 Å². The molecule has 0 spiro atoms. The van der Waals surface area contributed by atoms with Gasteiger partial charge in [-0.05, 0) is 142 Å². The third-order valence-electron chi connectivity index (χ3n) is 19.4. The molecule has 12 aromatic rings. The number of aromatic nitrogens is 9. The average Bonchev–Trinajstić information content (AvgIpc) is 1.66. The van der Waals surface area contributed by atoms with E-state index in [1.54, 1.807) is 37.2 Å². The molecule has 1 unspecified atom stereocenters. The average molecular weight is 1530 g/mol. The number of amides is 5. The van der Waals surface area contributed by atoms with Crippen molar-refractivity contribution in [3.05, 3.63) is 203 Å². The predicted molar refractivity (Wildman–Crippen MR) is 412 cm³/mol. The number of carbonyl (C=O) groups excluding carboxylic acids is 6. The van der Waals surface area contributed by atoms with Gasteiger partial charge in [0.05, 0.1) is 90.7 Å². The van der Waals surface area contributed by atoms with Crippen LogP contribution in [0.5, 0.6) is 29.0 Å². The van der Waals surface area contributed by atoms with Gasteiger partial charge in [-0.3, -0.25) is 28.8 Å². The number of nitrogens with two attached hydrogens (primary N) is 1. The number of nitrogens with zero attached hydrogens (tertiary/aromatic N) is 11. The van der Waals surface area contributed by atoms with Crippen molar-refractivity contribution in [1.82, 2.24) is 43.6 Å². The maximum Gasteiger partial charge on any atom is 0.267 e. The summed E-state index contributed by atoms with van der Waals surface area (Å²) in [6.45, 7) is 0.780. The van der Waals surface area contributed by atoms with Gasteiger partial charge >= 0.3 is 0 Å². The number of anilines is 6. The first-order chi connectivity index (χ1) is 53.0. The summed E-state index contributed by atoms with van der Waals surface area (Å²) in [5.74, 6) is 0.389. The van der Waals surface area contributed by atoms with Crippen molar-refractivity contribution in [1.29, 1.82) is 0 Å². The number of para-hydroxylation sites is 6. The Balaban J connectivity index is 0.000000130. The van der Waals surface area contributed by atoms with Crippen LogP contribution in [0.25, 0.3) is 49.8 Å². The molecule has 2 aliphatic heterocycles. The number of hydrogen-bond donors (Lipinski definition) is 5. The molecule has 6 aromatic heterocycles. The van der Waals surface area contributed by atoms with Crippen LogP contribution < -0.4 is 55.2 Å². The zero-order valence-electron chi connectivity index (χ0n) is 59.0. The number of carbonyl (C=O) groups is 6.